The monoisotopic (exact) mass is 571 g/mol. The fourth-order valence-electron chi connectivity index (χ4n) is 4.01. The van der Waals surface area contributed by atoms with Gasteiger partial charge in [-0.15, -0.1) is 29.5 Å². The average molecular weight is 572 g/mol. The minimum atomic E-state index is -1.23. The van der Waals surface area contributed by atoms with E-state index in [-0.39, 0.29) is 35.4 Å². The van der Waals surface area contributed by atoms with Crippen LogP contribution in [0.1, 0.15) is 5.69 Å². The highest BCUT2D eigenvalue weighted by Crippen LogP contribution is 2.40. The summed E-state index contributed by atoms with van der Waals surface area (Å²) in [7, 11) is 0. The molecule has 13 nitrogen and oxygen atoms in total. The Hall–Kier alpha value is -4.20. The smallest absolute Gasteiger partial charge is 0.352 e. The van der Waals surface area contributed by atoms with Gasteiger partial charge in [0.2, 0.25) is 0 Å². The number of carboxylic acid groups (broad SMARTS) is 1. The standard InChI is InChI=1S/C22H18N8O5S3/c1-2-5-35-28-14(12-9-37-21(23)26-12)17(31)27-15-18(32)30-16(20(33)34)10(8-36-19(15)30)6-29-4-3-13-11(7-29)25-22(24)38-13/h1,3-4,7,9,15,19H,5-6,8H2,(H5-,23,24,25,26,27,31,33,34)/p+1/b28-14+/t15?,19-/m1/s1. The van der Waals surface area contributed by atoms with Gasteiger partial charge < -0.3 is 26.7 Å². The van der Waals surface area contributed by atoms with Crippen LogP contribution < -0.4 is 21.4 Å². The van der Waals surface area contributed by atoms with Gasteiger partial charge in [0.05, 0.1) is 4.70 Å². The van der Waals surface area contributed by atoms with Crippen molar-refractivity contribution in [3.8, 4) is 12.3 Å². The number of aromatic nitrogens is 3. The third-order valence-electron chi connectivity index (χ3n) is 5.60. The summed E-state index contributed by atoms with van der Waals surface area (Å²) in [6.07, 6.45) is 8.75. The normalized spacial score (nSPS) is 19.1. The van der Waals surface area contributed by atoms with Crippen molar-refractivity contribution < 1.29 is 28.9 Å². The second-order valence-electron chi connectivity index (χ2n) is 8.03. The van der Waals surface area contributed by atoms with Crippen molar-refractivity contribution in [1.82, 2.24) is 20.2 Å². The minimum Gasteiger partial charge on any atom is -0.477 e. The highest BCUT2D eigenvalue weighted by Gasteiger charge is 2.54. The lowest BCUT2D eigenvalue weighted by Crippen LogP contribution is -2.71. The van der Waals surface area contributed by atoms with Gasteiger partial charge in [-0.05, 0) is 0 Å². The summed E-state index contributed by atoms with van der Waals surface area (Å²) < 4.78 is 2.71. The van der Waals surface area contributed by atoms with Crippen molar-refractivity contribution >= 4 is 78.4 Å². The van der Waals surface area contributed by atoms with Gasteiger partial charge in [0.15, 0.2) is 41.5 Å². The molecule has 38 heavy (non-hydrogen) atoms. The van der Waals surface area contributed by atoms with E-state index in [9.17, 15) is 19.5 Å². The Morgan fingerprint density at radius 3 is 2.89 bits per heavy atom. The number of thioether (sulfide) groups is 1. The maximum absolute atomic E-state index is 13.1. The van der Waals surface area contributed by atoms with E-state index in [4.69, 9.17) is 22.7 Å². The molecule has 2 aliphatic heterocycles. The van der Waals surface area contributed by atoms with E-state index < -0.39 is 29.2 Å². The van der Waals surface area contributed by atoms with Gasteiger partial charge in [0, 0.05) is 22.8 Å². The summed E-state index contributed by atoms with van der Waals surface area (Å²) in [5.41, 5.74) is 12.5. The number of hydrogen-bond acceptors (Lipinski definition) is 12. The Morgan fingerprint density at radius 1 is 1.37 bits per heavy atom. The number of pyridine rings is 1. The van der Waals surface area contributed by atoms with E-state index in [1.165, 1.54) is 33.4 Å². The number of fused-ring (bicyclic) bond motifs is 2. The summed E-state index contributed by atoms with van der Waals surface area (Å²) in [6, 6.07) is 0.880. The number of thiazole rings is 2. The second kappa shape index (κ2) is 10.3. The van der Waals surface area contributed by atoms with Gasteiger partial charge in [-0.2, -0.15) is 4.57 Å². The zero-order valence-electron chi connectivity index (χ0n) is 19.4. The van der Waals surface area contributed by atoms with Gasteiger partial charge >= 0.3 is 5.97 Å². The maximum Gasteiger partial charge on any atom is 0.352 e. The van der Waals surface area contributed by atoms with Crippen LogP contribution in [0.25, 0.3) is 10.2 Å². The molecule has 0 bridgehead atoms. The molecule has 16 heteroatoms. The number of oxime groups is 1. The highest BCUT2D eigenvalue weighted by molar-refractivity contribution is 8.00. The van der Waals surface area contributed by atoms with Crippen LogP contribution in [-0.4, -0.2) is 67.2 Å². The van der Waals surface area contributed by atoms with Crippen LogP contribution in [0.4, 0.5) is 10.3 Å². The summed E-state index contributed by atoms with van der Waals surface area (Å²) in [6.45, 7) is 0.0610. The van der Waals surface area contributed by atoms with Crippen molar-refractivity contribution in [2.24, 2.45) is 5.16 Å². The van der Waals surface area contributed by atoms with Gasteiger partial charge in [-0.1, -0.05) is 22.4 Å². The molecule has 2 atom stereocenters. The molecule has 1 fully saturated rings. The number of carbonyl (C=O) groups excluding carboxylic acids is 2. The number of rotatable bonds is 8. The van der Waals surface area contributed by atoms with Crippen molar-refractivity contribution in [2.45, 2.75) is 18.0 Å². The first-order valence-corrected chi connectivity index (χ1v) is 13.6. The quantitative estimate of drug-likeness (QED) is 0.0715. The number of hydrogen-bond donors (Lipinski definition) is 4. The number of nitrogens with zero attached hydrogens (tertiary/aromatic N) is 5. The molecule has 0 radical (unpaired) electrons. The average Bonchev–Trinajstić information content (AvgIpc) is 3.48. The molecule has 194 valence electrons. The van der Waals surface area contributed by atoms with Gasteiger partial charge in [0.1, 0.15) is 28.3 Å². The summed E-state index contributed by atoms with van der Waals surface area (Å²) in [5.74, 6) is 0.0502. The van der Waals surface area contributed by atoms with Crippen molar-refractivity contribution in [3.63, 3.8) is 0 Å². The molecule has 0 saturated carbocycles. The molecule has 0 spiro atoms. The van der Waals surface area contributed by atoms with Crippen LogP contribution >= 0.6 is 34.4 Å². The molecule has 3 aromatic rings. The molecule has 6 N–H and O–H groups in total. The van der Waals surface area contributed by atoms with Crippen LogP contribution in [0.15, 0.2) is 40.3 Å². The fraction of sp³-hybridized carbons (Fsp3) is 0.227. The van der Waals surface area contributed by atoms with Gasteiger partial charge in [0.25, 0.3) is 11.8 Å². The number of amides is 2. The molecule has 0 aromatic carbocycles. The van der Waals surface area contributed by atoms with Crippen LogP contribution in [-0.2, 0) is 25.8 Å². The molecule has 2 aliphatic rings. The first-order valence-electron chi connectivity index (χ1n) is 10.9. The molecule has 5 rings (SSSR count). The number of anilines is 2. The molecular formula is C22H19N8O5S3+. The number of carboxylic acids is 1. The SMILES string of the molecule is C#CCO/N=C(/C(=O)NC1C(=O)N2C(C(=O)O)=C(C[n+]3ccc4sc(N)nc4c3)CS[C@H]12)c1csc(N)n1. The highest BCUT2D eigenvalue weighted by atomic mass is 32.2. The Bertz CT molecular complexity index is 1570. The molecule has 1 saturated heterocycles. The lowest BCUT2D eigenvalue weighted by Gasteiger charge is -2.49. The molecular weight excluding hydrogens is 552 g/mol. The van der Waals surface area contributed by atoms with Crippen molar-refractivity contribution in [1.29, 1.82) is 0 Å². The number of carbonyl (C=O) groups is 3. The van der Waals surface area contributed by atoms with E-state index in [0.29, 0.717) is 22.0 Å². The number of aliphatic carboxylic acids is 1. The Balaban J connectivity index is 1.35. The zero-order chi connectivity index (χ0) is 27.0. The van der Waals surface area contributed by atoms with Crippen LogP contribution in [0.2, 0.25) is 0 Å². The number of nitrogens with two attached hydrogens (primary N) is 2. The predicted molar refractivity (Wildman–Crippen MR) is 142 cm³/mol. The summed E-state index contributed by atoms with van der Waals surface area (Å²) >= 11 is 3.80. The number of terminal acetylenes is 1. The third-order valence-corrected chi connectivity index (χ3v) is 8.48. The summed E-state index contributed by atoms with van der Waals surface area (Å²) in [5, 5.41) is 17.9. The van der Waals surface area contributed by atoms with Crippen LogP contribution in [0, 0.1) is 12.3 Å². The molecule has 2 amide bonds. The lowest BCUT2D eigenvalue weighted by atomic mass is 10.0. The van der Waals surface area contributed by atoms with Crippen LogP contribution in [0.5, 0.6) is 0 Å². The molecule has 3 aromatic heterocycles. The van der Waals surface area contributed by atoms with Crippen LogP contribution in [0.3, 0.4) is 0 Å². The zero-order valence-corrected chi connectivity index (χ0v) is 21.8. The second-order valence-corrected chi connectivity index (χ2v) is 11.1. The lowest BCUT2D eigenvalue weighted by molar-refractivity contribution is -0.687. The molecule has 1 unspecified atom stereocenters. The van der Waals surface area contributed by atoms with E-state index in [0.717, 1.165) is 16.0 Å². The van der Waals surface area contributed by atoms with Gasteiger partial charge in [-0.3, -0.25) is 14.5 Å². The topological polar surface area (TPSA) is 190 Å². The maximum atomic E-state index is 13.1. The predicted octanol–water partition coefficient (Wildman–Crippen LogP) is -0.00260. The molecule has 0 aliphatic carbocycles. The number of β-lactam (4-membered cyclic amide) rings is 1. The van der Waals surface area contributed by atoms with Crippen molar-refractivity contribution in [2.75, 3.05) is 23.8 Å². The first kappa shape index (κ1) is 25.4. The summed E-state index contributed by atoms with van der Waals surface area (Å²) in [4.78, 5) is 52.8. The van der Waals surface area contributed by atoms with E-state index in [2.05, 4.69) is 26.4 Å². The van der Waals surface area contributed by atoms with Crippen molar-refractivity contribution in [3.05, 3.63) is 40.8 Å². The third kappa shape index (κ3) is 4.74. The minimum absolute atomic E-state index is 0.104. The largest absolute Gasteiger partial charge is 0.477 e. The Labute approximate surface area is 227 Å². The Morgan fingerprint density at radius 2 is 2.18 bits per heavy atom. The van der Waals surface area contributed by atoms with Gasteiger partial charge in [-0.25, -0.2) is 14.8 Å². The van der Waals surface area contributed by atoms with E-state index in [1.807, 2.05) is 6.07 Å². The van der Waals surface area contributed by atoms with E-state index in [1.54, 1.807) is 17.0 Å². The van der Waals surface area contributed by atoms with E-state index >= 15 is 0 Å². The first-order chi connectivity index (χ1) is 18.3. The Kier molecular flexibility index (Phi) is 6.89. The number of nitrogens with one attached hydrogen (secondary N) is 1. The molecule has 5 heterocycles. The fourth-order valence-corrected chi connectivity index (χ4v) is 6.59. The number of nitrogen functional groups attached to an aromatic ring is 2.